The van der Waals surface area contributed by atoms with Gasteiger partial charge in [-0.3, -0.25) is 38.4 Å². The zero-order valence-electron chi connectivity index (χ0n) is 52.4. The van der Waals surface area contributed by atoms with Gasteiger partial charge >= 0.3 is 11.9 Å². The number of unbranched alkanes of at least 4 members (excludes halogenated alkanes) is 3. The fraction of sp³-hybridized carbons (Fsp3) is 0.692. The molecule has 0 aliphatic heterocycles. The Bertz CT molecular complexity index is 2740. The molecule has 0 heterocycles. The molecule has 0 radical (unpaired) electrons. The van der Waals surface area contributed by atoms with Crippen LogP contribution in [-0.2, 0) is 63.6 Å². The summed E-state index contributed by atoms with van der Waals surface area (Å²) in [5.74, 6) is -3.99. The quantitative estimate of drug-likeness (QED) is 0.0203. The van der Waals surface area contributed by atoms with Crippen molar-refractivity contribution in [3.8, 4) is 23.0 Å². The van der Waals surface area contributed by atoms with Crippen LogP contribution in [0.15, 0.2) is 24.3 Å². The number of Topliss-reactive ketones (excluding diaryl/α,β-unsaturated/α-hetero) is 2. The van der Waals surface area contributed by atoms with Gasteiger partial charge in [-0.15, -0.1) is 0 Å². The second-order valence-corrected chi connectivity index (χ2v) is 25.0. The van der Waals surface area contributed by atoms with Crippen LogP contribution in [0.3, 0.4) is 0 Å². The van der Waals surface area contributed by atoms with Gasteiger partial charge in [0, 0.05) is 50.3 Å². The third-order valence-electron chi connectivity index (χ3n) is 19.1. The summed E-state index contributed by atoms with van der Waals surface area (Å²) in [5.41, 5.74) is 9.31. The van der Waals surface area contributed by atoms with Crippen LogP contribution in [0.25, 0.3) is 0 Å². The number of hydrogen-bond donors (Lipinski definition) is 7. The Morgan fingerprint density at radius 1 is 0.625 bits per heavy atom. The van der Waals surface area contributed by atoms with E-state index in [4.69, 9.17) is 49.4 Å². The second-order valence-electron chi connectivity index (χ2n) is 25.0. The van der Waals surface area contributed by atoms with Crippen LogP contribution in [0.4, 0.5) is 5.69 Å². The molecular formula is C65H96N4O19. The molecular weight excluding hydrogens is 1140 g/mol. The first-order valence-corrected chi connectivity index (χ1v) is 31.4. The number of esters is 2. The van der Waals surface area contributed by atoms with Crippen LogP contribution in [-0.4, -0.2) is 154 Å². The highest BCUT2D eigenvalue weighted by Crippen LogP contribution is 2.69. The summed E-state index contributed by atoms with van der Waals surface area (Å²) in [4.78, 5) is 102. The van der Waals surface area contributed by atoms with Gasteiger partial charge in [0.1, 0.15) is 59.6 Å². The van der Waals surface area contributed by atoms with Gasteiger partial charge in [0.25, 0.3) is 11.8 Å². The highest BCUT2D eigenvalue weighted by atomic mass is 16.6. The number of benzene rings is 2. The van der Waals surface area contributed by atoms with Crippen molar-refractivity contribution in [1.29, 1.82) is 0 Å². The molecule has 2 aromatic rings. The van der Waals surface area contributed by atoms with Crippen molar-refractivity contribution in [2.45, 2.75) is 174 Å². The van der Waals surface area contributed by atoms with Crippen molar-refractivity contribution in [2.24, 2.45) is 51.9 Å². The average molecular weight is 1240 g/mol. The smallest absolute Gasteiger partial charge is 0.306 e. The van der Waals surface area contributed by atoms with Gasteiger partial charge in [0.15, 0.2) is 11.5 Å². The van der Waals surface area contributed by atoms with Crippen molar-refractivity contribution in [2.75, 3.05) is 78.9 Å². The Morgan fingerprint density at radius 3 is 1.94 bits per heavy atom. The van der Waals surface area contributed by atoms with Gasteiger partial charge < -0.3 is 75.3 Å². The maximum Gasteiger partial charge on any atom is 0.306 e. The van der Waals surface area contributed by atoms with Crippen LogP contribution < -0.4 is 31.6 Å². The van der Waals surface area contributed by atoms with Gasteiger partial charge in [0.2, 0.25) is 11.8 Å². The molecule has 4 saturated carbocycles. The van der Waals surface area contributed by atoms with Gasteiger partial charge in [-0.1, -0.05) is 52.5 Å². The first kappa shape index (κ1) is 70.7. The largest absolute Gasteiger partial charge is 0.507 e. The lowest BCUT2D eigenvalue weighted by Crippen LogP contribution is -2.60. The third kappa shape index (κ3) is 18.8. The van der Waals surface area contributed by atoms with E-state index < -0.39 is 59.0 Å². The maximum absolute atomic E-state index is 13.9. The first-order valence-electron chi connectivity index (χ1n) is 31.4. The third-order valence-corrected chi connectivity index (χ3v) is 19.1. The van der Waals surface area contributed by atoms with Gasteiger partial charge in [-0.2, -0.15) is 0 Å². The number of hydrogen-bond acceptors (Lipinski definition) is 19. The molecule has 4 amide bonds. The molecule has 4 aliphatic carbocycles. The number of amides is 4. The van der Waals surface area contributed by atoms with E-state index in [0.717, 1.165) is 64.2 Å². The molecule has 23 heteroatoms. The second kappa shape index (κ2) is 33.4. The topological polar surface area (TPSA) is 347 Å². The minimum atomic E-state index is -0.928. The Kier molecular flexibility index (Phi) is 26.9. The zero-order valence-corrected chi connectivity index (χ0v) is 52.4. The number of nitrogens with two attached hydrogens (primary N) is 2. The highest BCUT2D eigenvalue weighted by Gasteiger charge is 2.64. The van der Waals surface area contributed by atoms with Crippen LogP contribution in [0.1, 0.15) is 176 Å². The molecule has 0 aromatic heterocycles. The number of aromatic hydroxyl groups is 2. The summed E-state index contributed by atoms with van der Waals surface area (Å²) in [5, 5.41) is 38.2. The van der Waals surface area contributed by atoms with Gasteiger partial charge in [-0.05, 0) is 124 Å². The molecule has 2 aromatic carbocycles. The number of fused-ring (bicyclic) bond motifs is 5. The van der Waals surface area contributed by atoms with Crippen molar-refractivity contribution >= 4 is 52.8 Å². The average Bonchev–Trinajstić information content (AvgIpc) is 1.32. The van der Waals surface area contributed by atoms with Crippen molar-refractivity contribution in [3.63, 3.8) is 0 Å². The van der Waals surface area contributed by atoms with Crippen LogP contribution in [0.5, 0.6) is 23.0 Å². The number of anilines is 1. The summed E-state index contributed by atoms with van der Waals surface area (Å²) < 4.78 is 44.6. The van der Waals surface area contributed by atoms with E-state index in [2.05, 4.69) is 31.4 Å². The number of rotatable bonds is 38. The number of nitrogens with one attached hydrogen (secondary N) is 2. The van der Waals surface area contributed by atoms with Gasteiger partial charge in [0.05, 0.1) is 71.4 Å². The lowest BCUT2D eigenvalue weighted by molar-refractivity contribution is -0.201. The number of aliphatic hydroxyl groups is 1. The van der Waals surface area contributed by atoms with Crippen LogP contribution >= 0.6 is 0 Å². The summed E-state index contributed by atoms with van der Waals surface area (Å²) >= 11 is 0. The normalized spacial score (nSPS) is 24.3. The number of carbonyl (C=O) groups excluding carboxylic acids is 8. The fourth-order valence-corrected chi connectivity index (χ4v) is 14.8. The number of ketones is 2. The predicted molar refractivity (Wildman–Crippen MR) is 322 cm³/mol. The van der Waals surface area contributed by atoms with E-state index in [0.29, 0.717) is 37.5 Å². The van der Waals surface area contributed by atoms with Crippen molar-refractivity contribution in [3.05, 3.63) is 41.0 Å². The van der Waals surface area contributed by atoms with E-state index >= 15 is 0 Å². The van der Waals surface area contributed by atoms with Crippen LogP contribution in [0.2, 0.25) is 0 Å². The number of carbonyl (C=O) groups is 8. The first-order chi connectivity index (χ1) is 42.0. The molecule has 0 spiro atoms. The standard InChI is InChI=1S/C65H96N4O19/c1-7-8-9-10-25-65(4,80)52-19-15-45-44-37-51(88-56(75)22-20-53(72)68-28-30-84-32-33-85-38-42(71)35-40-13-17-49(81-5)57(59(40)76)61(66)78)47-36-43(23-26-63(47,2)46(44)24-27-64(45,52)3)87-55(74)21-14-41(70)12-11-29-83-31-34-86-39-54(73)69-48-16-18-50(82-6)58(60(48)77)62(67)79/h13,16-18,43-47,51-52,76-77,80H,7-12,14-15,19-39H2,1-6H3,(H2,66,78)(H2,67,79)(H,68,72)(H,69,73)/t43-,44-,45-,46-,47+,51-,52-,63+,64-,65-/m0/s1. The Labute approximate surface area is 516 Å². The molecule has 88 heavy (non-hydrogen) atoms. The molecule has 4 aliphatic rings. The molecule has 0 bridgehead atoms. The van der Waals surface area contributed by atoms with Gasteiger partial charge in [-0.25, -0.2) is 0 Å². The lowest BCUT2D eigenvalue weighted by Gasteiger charge is -2.63. The minimum absolute atomic E-state index is 0.0100. The molecule has 4 fully saturated rings. The molecule has 0 saturated heterocycles. The number of methoxy groups -OCH3 is 2. The van der Waals surface area contributed by atoms with Crippen molar-refractivity contribution < 1.29 is 91.6 Å². The molecule has 0 unspecified atom stereocenters. The molecule has 9 N–H and O–H groups in total. The SMILES string of the molecule is CCCCCC[C@](C)(O)[C@H]1CC[C@H]2[C@@H]3C[C@H](OC(=O)CCC(=O)NCCOCCOCC(=O)Cc4ccc(OC)c(C(N)=O)c4O)[C@H]4C[C@@H](OC(=O)CCC(=O)CCCOCCOCC(=O)Nc5ccc(OC)c(C(N)=O)c5O)CC[C@]4(C)[C@H]3CC[C@@]21C. The zero-order chi connectivity index (χ0) is 64.2. The maximum atomic E-state index is 13.9. The highest BCUT2D eigenvalue weighted by molar-refractivity contribution is 6.03. The molecule has 23 nitrogen and oxygen atoms in total. The van der Waals surface area contributed by atoms with E-state index in [-0.39, 0.29) is 178 Å². The monoisotopic (exact) mass is 1240 g/mol. The molecule has 6 rings (SSSR count). The van der Waals surface area contributed by atoms with Crippen molar-refractivity contribution in [1.82, 2.24) is 5.32 Å². The number of primary amides is 2. The number of phenols is 2. The summed E-state index contributed by atoms with van der Waals surface area (Å²) in [6, 6.07) is 5.66. The molecule has 10 atom stereocenters. The Morgan fingerprint density at radius 2 is 1.25 bits per heavy atom. The van der Waals surface area contributed by atoms with Crippen LogP contribution in [0, 0.1) is 40.4 Å². The summed E-state index contributed by atoms with van der Waals surface area (Å²) in [7, 11) is 2.64. The fourth-order valence-electron chi connectivity index (χ4n) is 14.8. The molecule has 490 valence electrons. The predicted octanol–water partition coefficient (Wildman–Crippen LogP) is 6.97. The van der Waals surface area contributed by atoms with E-state index in [1.54, 1.807) is 0 Å². The summed E-state index contributed by atoms with van der Waals surface area (Å²) in [6.45, 7) is 9.32. The van der Waals surface area contributed by atoms with E-state index in [1.165, 1.54) is 38.5 Å². The van der Waals surface area contributed by atoms with E-state index in [9.17, 15) is 53.7 Å². The van der Waals surface area contributed by atoms with E-state index in [1.807, 2.05) is 6.92 Å². The lowest BCUT2D eigenvalue weighted by atomic mass is 9.43. The summed E-state index contributed by atoms with van der Waals surface area (Å²) in [6.07, 6.45) is 10.8. The Hall–Kier alpha value is -6.40. The Balaban J connectivity index is 0.939. The minimum Gasteiger partial charge on any atom is -0.507 e. The number of ether oxygens (including phenoxy) is 8.